The van der Waals surface area contributed by atoms with Crippen LogP contribution in [-0.2, 0) is 19.7 Å². The molecule has 0 saturated heterocycles. The number of benzene rings is 1. The van der Waals surface area contributed by atoms with Gasteiger partial charge in [0.25, 0.3) is 0 Å². The minimum atomic E-state index is -1.11. The third-order valence-corrected chi connectivity index (χ3v) is 3.28. The lowest BCUT2D eigenvalue weighted by Gasteiger charge is -2.26. The zero-order valence-electron chi connectivity index (χ0n) is 12.3. The van der Waals surface area contributed by atoms with Crippen molar-refractivity contribution in [2.24, 2.45) is 0 Å². The molecule has 0 heterocycles. The van der Waals surface area contributed by atoms with E-state index in [1.165, 1.54) is 7.11 Å². The molecule has 0 spiro atoms. The van der Waals surface area contributed by atoms with Crippen LogP contribution in [0.4, 0.5) is 0 Å². The Balaban J connectivity index is 2.88. The number of hydrogen-bond acceptors (Lipinski definition) is 3. The molecule has 20 heavy (non-hydrogen) atoms. The van der Waals surface area contributed by atoms with Crippen molar-refractivity contribution in [2.45, 2.75) is 32.2 Å². The number of carboxylic acids is 1. The molecule has 0 aliphatic carbocycles. The number of rotatable bonds is 6. The summed E-state index contributed by atoms with van der Waals surface area (Å²) < 4.78 is 4.80. The summed E-state index contributed by atoms with van der Waals surface area (Å²) in [5.74, 6) is -1.45. The number of amides is 1. The molecule has 1 aromatic rings. The summed E-state index contributed by atoms with van der Waals surface area (Å²) in [6, 6.07) is 6.56. The van der Waals surface area contributed by atoms with Crippen molar-refractivity contribution in [2.75, 3.05) is 13.7 Å². The van der Waals surface area contributed by atoms with E-state index >= 15 is 0 Å². The molecule has 5 nitrogen and oxygen atoms in total. The fourth-order valence-electron chi connectivity index (χ4n) is 1.78. The highest BCUT2D eigenvalue weighted by atomic mass is 16.5. The van der Waals surface area contributed by atoms with Crippen LogP contribution in [0.25, 0.3) is 0 Å². The molecule has 0 radical (unpaired) electrons. The van der Waals surface area contributed by atoms with Crippen molar-refractivity contribution in [3.05, 3.63) is 35.4 Å². The Hall–Kier alpha value is -1.88. The first kappa shape index (κ1) is 16.2. The van der Waals surface area contributed by atoms with Crippen LogP contribution in [-0.4, -0.2) is 36.7 Å². The van der Waals surface area contributed by atoms with Gasteiger partial charge in [-0.15, -0.1) is 0 Å². The van der Waals surface area contributed by atoms with Gasteiger partial charge in [0.15, 0.2) is 6.04 Å². The first-order valence-electron chi connectivity index (χ1n) is 6.39. The summed E-state index contributed by atoms with van der Waals surface area (Å²) >= 11 is 0. The fraction of sp³-hybridized carbons (Fsp3) is 0.467. The average molecular weight is 279 g/mol. The second-order valence-electron chi connectivity index (χ2n) is 5.31. The van der Waals surface area contributed by atoms with Gasteiger partial charge in [0.05, 0.1) is 12.0 Å². The van der Waals surface area contributed by atoms with Gasteiger partial charge in [0, 0.05) is 7.11 Å². The first-order valence-corrected chi connectivity index (χ1v) is 6.39. The Labute approximate surface area is 118 Å². The van der Waals surface area contributed by atoms with E-state index in [4.69, 9.17) is 9.84 Å². The zero-order chi connectivity index (χ0) is 15.3. The number of carboxylic acid groups (broad SMARTS) is 1. The average Bonchev–Trinajstić information content (AvgIpc) is 2.38. The molecule has 1 rings (SSSR count). The molecular weight excluding hydrogens is 258 g/mol. The normalized spacial score (nSPS) is 12.8. The van der Waals surface area contributed by atoms with Gasteiger partial charge in [-0.3, -0.25) is 4.79 Å². The summed E-state index contributed by atoms with van der Waals surface area (Å²) in [7, 11) is 1.40. The lowest BCUT2D eigenvalue weighted by Crippen LogP contribution is -2.50. The topological polar surface area (TPSA) is 75.6 Å². The van der Waals surface area contributed by atoms with Crippen molar-refractivity contribution >= 4 is 11.9 Å². The molecule has 0 bridgehead atoms. The van der Waals surface area contributed by atoms with Crippen LogP contribution in [0.2, 0.25) is 0 Å². The largest absolute Gasteiger partial charge is 0.480 e. The van der Waals surface area contributed by atoms with E-state index in [0.717, 1.165) is 11.1 Å². The fourth-order valence-corrected chi connectivity index (χ4v) is 1.78. The maximum absolute atomic E-state index is 12.3. The molecule has 0 saturated carbocycles. The van der Waals surface area contributed by atoms with E-state index in [1.807, 2.05) is 31.2 Å². The quantitative estimate of drug-likeness (QED) is 0.827. The van der Waals surface area contributed by atoms with Crippen LogP contribution in [0.3, 0.4) is 0 Å². The van der Waals surface area contributed by atoms with Gasteiger partial charge >= 0.3 is 5.97 Å². The lowest BCUT2D eigenvalue weighted by molar-refractivity contribution is -0.144. The number of carbonyl (C=O) groups excluding carboxylic acids is 1. The van der Waals surface area contributed by atoms with Crippen LogP contribution >= 0.6 is 0 Å². The molecule has 0 aliphatic heterocycles. The highest BCUT2D eigenvalue weighted by Crippen LogP contribution is 2.23. The monoisotopic (exact) mass is 279 g/mol. The molecule has 0 fully saturated rings. The van der Waals surface area contributed by atoms with E-state index in [1.54, 1.807) is 13.8 Å². The molecular formula is C15H21NO4. The molecule has 5 heteroatoms. The number of nitrogens with one attached hydrogen (secondary N) is 1. The lowest BCUT2D eigenvalue weighted by atomic mass is 9.83. The Morgan fingerprint density at radius 2 is 1.85 bits per heavy atom. The highest BCUT2D eigenvalue weighted by Gasteiger charge is 2.32. The number of aryl methyl sites for hydroxylation is 1. The van der Waals surface area contributed by atoms with Crippen LogP contribution in [0.15, 0.2) is 24.3 Å². The second kappa shape index (κ2) is 6.52. The summed E-state index contributed by atoms with van der Waals surface area (Å²) in [6.45, 7) is 5.43. The number of carbonyl (C=O) groups is 2. The SMILES string of the molecule is COCC(NC(=O)C(C)(C)c1ccc(C)cc1)C(=O)O. The van der Waals surface area contributed by atoms with E-state index in [2.05, 4.69) is 5.32 Å². The predicted octanol–water partition coefficient (Wildman–Crippen LogP) is 1.49. The maximum atomic E-state index is 12.3. The van der Waals surface area contributed by atoms with Crippen LogP contribution < -0.4 is 5.32 Å². The van der Waals surface area contributed by atoms with Crippen LogP contribution in [0.5, 0.6) is 0 Å². The number of aliphatic carboxylic acids is 1. The number of hydrogen-bond donors (Lipinski definition) is 2. The van der Waals surface area contributed by atoms with Gasteiger partial charge < -0.3 is 15.2 Å². The summed E-state index contributed by atoms with van der Waals surface area (Å²) in [5.41, 5.74) is 1.13. The Kier molecular flexibility index (Phi) is 5.27. The van der Waals surface area contributed by atoms with E-state index in [0.29, 0.717) is 0 Å². The molecule has 1 atom stereocenters. The molecule has 0 aromatic heterocycles. The van der Waals surface area contributed by atoms with Gasteiger partial charge in [-0.25, -0.2) is 4.79 Å². The van der Waals surface area contributed by atoms with Crippen LogP contribution in [0, 0.1) is 6.92 Å². The van der Waals surface area contributed by atoms with Crippen molar-refractivity contribution in [3.63, 3.8) is 0 Å². The molecule has 110 valence electrons. The predicted molar refractivity (Wildman–Crippen MR) is 75.6 cm³/mol. The van der Waals surface area contributed by atoms with Crippen LogP contribution in [0.1, 0.15) is 25.0 Å². The van der Waals surface area contributed by atoms with Gasteiger partial charge in [-0.1, -0.05) is 29.8 Å². The van der Waals surface area contributed by atoms with Crippen molar-refractivity contribution < 1.29 is 19.4 Å². The van der Waals surface area contributed by atoms with Crippen molar-refractivity contribution in [1.29, 1.82) is 0 Å². The van der Waals surface area contributed by atoms with Crippen molar-refractivity contribution in [3.8, 4) is 0 Å². The van der Waals surface area contributed by atoms with E-state index in [9.17, 15) is 9.59 Å². The van der Waals surface area contributed by atoms with Gasteiger partial charge in [0.1, 0.15) is 0 Å². The maximum Gasteiger partial charge on any atom is 0.328 e. The third kappa shape index (κ3) is 3.81. The summed E-state index contributed by atoms with van der Waals surface area (Å²) in [6.07, 6.45) is 0. The Bertz CT molecular complexity index is 479. The zero-order valence-corrected chi connectivity index (χ0v) is 12.3. The van der Waals surface area contributed by atoms with E-state index < -0.39 is 17.4 Å². The Morgan fingerprint density at radius 1 is 1.30 bits per heavy atom. The smallest absolute Gasteiger partial charge is 0.328 e. The standard InChI is InChI=1S/C15H21NO4/c1-10-5-7-11(8-6-10)15(2,3)14(19)16-12(9-20-4)13(17)18/h5-8,12H,9H2,1-4H3,(H,16,19)(H,17,18). The molecule has 0 aliphatic rings. The molecule has 1 unspecified atom stereocenters. The molecule has 2 N–H and O–H groups in total. The van der Waals surface area contributed by atoms with Crippen molar-refractivity contribution in [1.82, 2.24) is 5.32 Å². The molecule has 1 amide bonds. The highest BCUT2D eigenvalue weighted by molar-refractivity contribution is 5.90. The summed E-state index contributed by atoms with van der Waals surface area (Å²) in [5, 5.41) is 11.5. The third-order valence-electron chi connectivity index (χ3n) is 3.28. The molecule has 1 aromatic carbocycles. The minimum absolute atomic E-state index is 0.0644. The van der Waals surface area contributed by atoms with Gasteiger partial charge in [-0.2, -0.15) is 0 Å². The van der Waals surface area contributed by atoms with Gasteiger partial charge in [0.2, 0.25) is 5.91 Å². The Morgan fingerprint density at radius 3 is 2.30 bits per heavy atom. The second-order valence-corrected chi connectivity index (χ2v) is 5.31. The number of methoxy groups -OCH3 is 1. The summed E-state index contributed by atoms with van der Waals surface area (Å²) in [4.78, 5) is 23.3. The number of ether oxygens (including phenoxy) is 1. The first-order chi connectivity index (χ1) is 9.28. The van der Waals surface area contributed by atoms with Gasteiger partial charge in [-0.05, 0) is 26.3 Å². The minimum Gasteiger partial charge on any atom is -0.480 e. The van der Waals surface area contributed by atoms with E-state index in [-0.39, 0.29) is 12.5 Å².